The lowest BCUT2D eigenvalue weighted by atomic mass is 9.96. The van der Waals surface area contributed by atoms with E-state index in [1.165, 1.54) is 0 Å². The molecule has 2 rings (SSSR count). The van der Waals surface area contributed by atoms with E-state index in [9.17, 15) is 22.8 Å². The first-order valence-electron chi connectivity index (χ1n) is 8.47. The maximum absolute atomic E-state index is 12.9. The zero-order chi connectivity index (χ0) is 18.6. The quantitative estimate of drug-likeness (QED) is 0.796. The van der Waals surface area contributed by atoms with E-state index in [0.717, 1.165) is 36.7 Å². The van der Waals surface area contributed by atoms with Gasteiger partial charge in [-0.2, -0.15) is 13.2 Å². The monoisotopic (exact) mass is 378 g/mol. The molecule has 0 N–H and O–H groups in total. The topological polar surface area (TPSA) is 42.3 Å². The molecule has 8 heteroatoms. The van der Waals surface area contributed by atoms with E-state index in [2.05, 4.69) is 6.92 Å². The number of aromatic nitrogens is 1. The van der Waals surface area contributed by atoms with E-state index in [0.29, 0.717) is 31.3 Å². The standard InChI is InChI=1S/C17H22ClF3N2O2/c1-2-4-12-5-3-7-22(8-6-12)15(24)11-23-10-13(17(19,20)21)9-14(18)16(23)25/h9-10,12H,2-8,11H2,1H3/t12-/m1/s1. The molecule has 4 nitrogen and oxygen atoms in total. The molecule has 1 fully saturated rings. The van der Waals surface area contributed by atoms with Crippen molar-refractivity contribution in [3.63, 3.8) is 0 Å². The highest BCUT2D eigenvalue weighted by molar-refractivity contribution is 6.30. The average molecular weight is 379 g/mol. The number of carbonyl (C=O) groups is 1. The van der Waals surface area contributed by atoms with Crippen molar-refractivity contribution in [1.82, 2.24) is 9.47 Å². The number of rotatable bonds is 4. The summed E-state index contributed by atoms with van der Waals surface area (Å²) in [6.07, 6.45) is 1.04. The summed E-state index contributed by atoms with van der Waals surface area (Å²) >= 11 is 5.62. The van der Waals surface area contributed by atoms with Crippen LogP contribution in [-0.2, 0) is 17.5 Å². The zero-order valence-electron chi connectivity index (χ0n) is 14.1. The summed E-state index contributed by atoms with van der Waals surface area (Å²) in [6, 6.07) is 0.589. The Morgan fingerprint density at radius 1 is 1.32 bits per heavy atom. The lowest BCUT2D eigenvalue weighted by Gasteiger charge is -2.21. The maximum atomic E-state index is 12.9. The summed E-state index contributed by atoms with van der Waals surface area (Å²) in [5.74, 6) is 0.225. The number of hydrogen-bond acceptors (Lipinski definition) is 2. The Kier molecular flexibility index (Phi) is 6.54. The minimum atomic E-state index is -4.63. The van der Waals surface area contributed by atoms with Gasteiger partial charge in [0.05, 0.1) is 5.56 Å². The van der Waals surface area contributed by atoms with Gasteiger partial charge in [0, 0.05) is 19.3 Å². The molecule has 1 aliphatic rings. The van der Waals surface area contributed by atoms with Gasteiger partial charge in [0.25, 0.3) is 5.56 Å². The predicted molar refractivity (Wildman–Crippen MR) is 89.5 cm³/mol. The maximum Gasteiger partial charge on any atom is 0.417 e. The fourth-order valence-electron chi connectivity index (χ4n) is 3.23. The highest BCUT2D eigenvalue weighted by Crippen LogP contribution is 2.29. The first-order valence-corrected chi connectivity index (χ1v) is 8.85. The van der Waals surface area contributed by atoms with Gasteiger partial charge in [-0.3, -0.25) is 9.59 Å². The highest BCUT2D eigenvalue weighted by Gasteiger charge is 2.32. The molecule has 0 radical (unpaired) electrons. The molecule has 2 heterocycles. The van der Waals surface area contributed by atoms with Crippen molar-refractivity contribution in [3.8, 4) is 0 Å². The van der Waals surface area contributed by atoms with Crippen molar-refractivity contribution in [2.75, 3.05) is 13.1 Å². The minimum absolute atomic E-state index is 0.352. The van der Waals surface area contributed by atoms with Crippen LogP contribution < -0.4 is 5.56 Å². The molecule has 1 saturated heterocycles. The molecule has 1 amide bonds. The van der Waals surface area contributed by atoms with E-state index < -0.39 is 28.9 Å². The molecule has 25 heavy (non-hydrogen) atoms. The van der Waals surface area contributed by atoms with Gasteiger partial charge in [0.2, 0.25) is 5.91 Å². The van der Waals surface area contributed by atoms with Gasteiger partial charge in [-0.15, -0.1) is 0 Å². The van der Waals surface area contributed by atoms with E-state index >= 15 is 0 Å². The van der Waals surface area contributed by atoms with E-state index in [4.69, 9.17) is 11.6 Å². The van der Waals surface area contributed by atoms with Gasteiger partial charge in [-0.25, -0.2) is 0 Å². The highest BCUT2D eigenvalue weighted by atomic mass is 35.5. The Balaban J connectivity index is 2.12. The van der Waals surface area contributed by atoms with E-state index in [1.54, 1.807) is 4.90 Å². The Bertz CT molecular complexity index is 673. The third-order valence-electron chi connectivity index (χ3n) is 4.57. The average Bonchev–Trinajstić information content (AvgIpc) is 2.76. The van der Waals surface area contributed by atoms with Gasteiger partial charge >= 0.3 is 6.18 Å². The van der Waals surface area contributed by atoms with Crippen LogP contribution in [0.3, 0.4) is 0 Å². The van der Waals surface area contributed by atoms with Crippen LogP contribution in [0.5, 0.6) is 0 Å². The van der Waals surface area contributed by atoms with Gasteiger partial charge in [-0.1, -0.05) is 31.4 Å². The van der Waals surface area contributed by atoms with Crippen LogP contribution in [-0.4, -0.2) is 28.5 Å². The van der Waals surface area contributed by atoms with Crippen molar-refractivity contribution in [2.24, 2.45) is 5.92 Å². The Morgan fingerprint density at radius 2 is 2.04 bits per heavy atom. The number of likely N-dealkylation sites (tertiary alicyclic amines) is 1. The lowest BCUT2D eigenvalue weighted by molar-refractivity contribution is -0.138. The van der Waals surface area contributed by atoms with Gasteiger partial charge in [0.15, 0.2) is 0 Å². The molecule has 0 saturated carbocycles. The van der Waals surface area contributed by atoms with Crippen LogP contribution in [0.4, 0.5) is 13.2 Å². The number of amides is 1. The van der Waals surface area contributed by atoms with Crippen LogP contribution in [0.1, 0.15) is 44.6 Å². The third kappa shape index (κ3) is 5.23. The Hall–Kier alpha value is -1.50. The first kappa shape index (κ1) is 19.8. The third-order valence-corrected chi connectivity index (χ3v) is 4.84. The van der Waals surface area contributed by atoms with Crippen LogP contribution in [0.25, 0.3) is 0 Å². The molecule has 0 spiro atoms. The predicted octanol–water partition coefficient (Wildman–Crippen LogP) is 3.95. The van der Waals surface area contributed by atoms with Crippen LogP contribution >= 0.6 is 11.6 Å². The number of pyridine rings is 1. The smallest absolute Gasteiger partial charge is 0.341 e. The molecular formula is C17H22ClF3N2O2. The number of halogens is 4. The van der Waals surface area contributed by atoms with Crippen LogP contribution in [0.2, 0.25) is 5.02 Å². The van der Waals surface area contributed by atoms with Crippen LogP contribution in [0.15, 0.2) is 17.1 Å². The summed E-state index contributed by atoms with van der Waals surface area (Å²) in [6.45, 7) is 2.84. The van der Waals surface area contributed by atoms with Gasteiger partial charge in [-0.05, 0) is 31.2 Å². The zero-order valence-corrected chi connectivity index (χ0v) is 14.9. The Morgan fingerprint density at radius 3 is 2.68 bits per heavy atom. The van der Waals surface area contributed by atoms with Crippen molar-refractivity contribution in [2.45, 2.75) is 51.7 Å². The Labute approximate surface area is 149 Å². The second kappa shape index (κ2) is 8.25. The minimum Gasteiger partial charge on any atom is -0.341 e. The number of hydrogen-bond donors (Lipinski definition) is 0. The SMILES string of the molecule is CCC[C@@H]1CCCN(C(=O)Cn2cc(C(F)(F)F)cc(Cl)c2=O)CC1. The molecule has 1 aliphatic heterocycles. The van der Waals surface area contributed by atoms with E-state index in [1.807, 2.05) is 0 Å². The first-order chi connectivity index (χ1) is 11.7. The summed E-state index contributed by atoms with van der Waals surface area (Å²) in [5.41, 5.74) is -1.83. The van der Waals surface area contributed by atoms with E-state index in [-0.39, 0.29) is 5.91 Å². The van der Waals surface area contributed by atoms with Crippen LogP contribution in [0, 0.1) is 5.92 Å². The molecule has 140 valence electrons. The fourth-order valence-corrected chi connectivity index (χ4v) is 3.46. The van der Waals surface area contributed by atoms with Gasteiger partial charge in [0.1, 0.15) is 11.6 Å². The van der Waals surface area contributed by atoms with Crippen molar-refractivity contribution in [1.29, 1.82) is 0 Å². The normalized spacial score (nSPS) is 18.9. The molecule has 1 aromatic rings. The van der Waals surface area contributed by atoms with Crippen molar-refractivity contribution < 1.29 is 18.0 Å². The van der Waals surface area contributed by atoms with Crippen molar-refractivity contribution >= 4 is 17.5 Å². The second-order valence-electron chi connectivity index (χ2n) is 6.47. The molecule has 0 aromatic carbocycles. The fraction of sp³-hybridized carbons (Fsp3) is 0.647. The lowest BCUT2D eigenvalue weighted by Crippen LogP contribution is -2.37. The summed E-state index contributed by atoms with van der Waals surface area (Å²) in [7, 11) is 0. The number of nitrogens with zero attached hydrogens (tertiary/aromatic N) is 2. The van der Waals surface area contributed by atoms with Crippen molar-refractivity contribution in [3.05, 3.63) is 33.2 Å². The molecule has 0 aliphatic carbocycles. The summed E-state index contributed by atoms with van der Waals surface area (Å²) in [5, 5.41) is -0.540. The second-order valence-corrected chi connectivity index (χ2v) is 6.88. The molecule has 1 atom stereocenters. The summed E-state index contributed by atoms with van der Waals surface area (Å²) in [4.78, 5) is 26.1. The number of alkyl halides is 3. The number of carbonyl (C=O) groups excluding carboxylic acids is 1. The summed E-state index contributed by atoms with van der Waals surface area (Å²) < 4.78 is 39.4. The largest absolute Gasteiger partial charge is 0.417 e. The molecular weight excluding hydrogens is 357 g/mol. The van der Waals surface area contributed by atoms with Gasteiger partial charge < -0.3 is 9.47 Å². The molecule has 0 bridgehead atoms. The molecule has 0 unspecified atom stereocenters. The molecule has 1 aromatic heterocycles.